The van der Waals surface area contributed by atoms with E-state index in [4.69, 9.17) is 0 Å². The number of rotatable bonds is 5. The number of hydrogen-bond acceptors (Lipinski definition) is 6. The van der Waals surface area contributed by atoms with Crippen LogP contribution in [0.25, 0.3) is 10.9 Å². The molecular weight excluding hydrogens is 420 g/mol. The first-order valence-electron chi connectivity index (χ1n) is 10.8. The van der Waals surface area contributed by atoms with E-state index in [9.17, 15) is 22.8 Å². The summed E-state index contributed by atoms with van der Waals surface area (Å²) < 4.78 is 27.0. The first kappa shape index (κ1) is 21.8. The molecule has 9 nitrogen and oxygen atoms in total. The second kappa shape index (κ2) is 8.58. The largest absolute Gasteiger partial charge is 0.349 e. The van der Waals surface area contributed by atoms with Crippen molar-refractivity contribution in [2.75, 3.05) is 24.6 Å². The highest BCUT2D eigenvalue weighted by atomic mass is 32.2. The SMILES string of the molecule is CCn1c(=O)c2ccccc2n(CC(=O)NC2CS(=O)(=O)CC2N2CCCCC2)c1=O. The van der Waals surface area contributed by atoms with Gasteiger partial charge in [0, 0.05) is 12.6 Å². The lowest BCUT2D eigenvalue weighted by Crippen LogP contribution is -2.53. The molecule has 2 aliphatic rings. The average molecular weight is 449 g/mol. The van der Waals surface area contributed by atoms with Gasteiger partial charge in [-0.15, -0.1) is 0 Å². The third kappa shape index (κ3) is 4.31. The third-order valence-electron chi connectivity index (χ3n) is 6.28. The predicted molar refractivity (Wildman–Crippen MR) is 118 cm³/mol. The standard InChI is InChI=1S/C21H28N4O5S/c1-2-24-20(27)15-8-4-5-9-17(15)25(21(24)28)12-19(26)22-16-13-31(29,30)14-18(16)23-10-6-3-7-11-23/h4-5,8-9,16,18H,2-3,6-7,10-14H2,1H3,(H,22,26). The molecule has 2 atom stereocenters. The van der Waals surface area contributed by atoms with Gasteiger partial charge < -0.3 is 5.32 Å². The number of nitrogens with zero attached hydrogens (tertiary/aromatic N) is 3. The van der Waals surface area contributed by atoms with Crippen LogP contribution < -0.4 is 16.6 Å². The molecule has 2 aliphatic heterocycles. The Morgan fingerprint density at radius 1 is 1.06 bits per heavy atom. The van der Waals surface area contributed by atoms with Crippen LogP contribution >= 0.6 is 0 Å². The number of likely N-dealkylation sites (tertiary alicyclic amines) is 1. The van der Waals surface area contributed by atoms with E-state index < -0.39 is 27.5 Å². The average Bonchev–Trinajstić information content (AvgIpc) is 3.06. The number of aromatic nitrogens is 2. The van der Waals surface area contributed by atoms with E-state index in [1.165, 1.54) is 4.57 Å². The summed E-state index contributed by atoms with van der Waals surface area (Å²) in [6, 6.07) is 5.95. The molecule has 0 spiro atoms. The zero-order chi connectivity index (χ0) is 22.2. The number of nitrogens with one attached hydrogen (secondary N) is 1. The van der Waals surface area contributed by atoms with Crippen LogP contribution in [0, 0.1) is 0 Å². The maximum Gasteiger partial charge on any atom is 0.331 e. The van der Waals surface area contributed by atoms with Crippen LogP contribution in [0.15, 0.2) is 33.9 Å². The molecule has 2 unspecified atom stereocenters. The summed E-state index contributed by atoms with van der Waals surface area (Å²) in [4.78, 5) is 40.5. The highest BCUT2D eigenvalue weighted by molar-refractivity contribution is 7.91. The normalized spacial score (nSPS) is 23.8. The topological polar surface area (TPSA) is 110 Å². The quantitative estimate of drug-likeness (QED) is 0.687. The summed E-state index contributed by atoms with van der Waals surface area (Å²) in [5.74, 6) is -0.483. The summed E-state index contributed by atoms with van der Waals surface area (Å²) in [5.41, 5.74) is -0.538. The third-order valence-corrected chi connectivity index (χ3v) is 8.00. The fourth-order valence-electron chi connectivity index (χ4n) is 4.78. The van der Waals surface area contributed by atoms with Crippen molar-refractivity contribution in [3.8, 4) is 0 Å². The highest BCUT2D eigenvalue weighted by Crippen LogP contribution is 2.22. The van der Waals surface area contributed by atoms with E-state index in [1.807, 2.05) is 0 Å². The monoisotopic (exact) mass is 448 g/mol. The summed E-state index contributed by atoms with van der Waals surface area (Å²) in [6.45, 7) is 3.29. The Bertz CT molecular complexity index is 1210. The minimum Gasteiger partial charge on any atom is -0.349 e. The molecule has 0 bridgehead atoms. The van der Waals surface area contributed by atoms with Crippen LogP contribution in [0.3, 0.4) is 0 Å². The van der Waals surface area contributed by atoms with E-state index >= 15 is 0 Å². The number of fused-ring (bicyclic) bond motifs is 1. The van der Waals surface area contributed by atoms with Gasteiger partial charge in [-0.3, -0.25) is 23.6 Å². The highest BCUT2D eigenvalue weighted by Gasteiger charge is 2.41. The van der Waals surface area contributed by atoms with Gasteiger partial charge in [0.05, 0.1) is 28.5 Å². The Morgan fingerprint density at radius 2 is 1.77 bits per heavy atom. The van der Waals surface area contributed by atoms with E-state index in [2.05, 4.69) is 10.2 Å². The Labute approximate surface area is 180 Å². The van der Waals surface area contributed by atoms with Crippen molar-refractivity contribution >= 4 is 26.6 Å². The minimum atomic E-state index is -3.24. The van der Waals surface area contributed by atoms with Crippen molar-refractivity contribution in [2.24, 2.45) is 0 Å². The smallest absolute Gasteiger partial charge is 0.331 e. The molecule has 2 fully saturated rings. The van der Waals surface area contributed by atoms with E-state index in [-0.39, 0.29) is 36.2 Å². The van der Waals surface area contributed by atoms with E-state index in [1.54, 1.807) is 31.2 Å². The molecule has 1 N–H and O–H groups in total. The number of benzene rings is 1. The minimum absolute atomic E-state index is 0.0432. The number of piperidine rings is 1. The Balaban J connectivity index is 1.61. The van der Waals surface area contributed by atoms with Gasteiger partial charge in [-0.25, -0.2) is 13.2 Å². The van der Waals surface area contributed by atoms with Crippen LogP contribution in [0.4, 0.5) is 0 Å². The fraction of sp³-hybridized carbons (Fsp3) is 0.571. The number of carbonyl (C=O) groups is 1. The van der Waals surface area contributed by atoms with Crippen molar-refractivity contribution in [3.05, 3.63) is 45.1 Å². The van der Waals surface area contributed by atoms with Gasteiger partial charge in [0.2, 0.25) is 5.91 Å². The first-order chi connectivity index (χ1) is 14.8. The Morgan fingerprint density at radius 3 is 2.48 bits per heavy atom. The molecule has 0 saturated carbocycles. The lowest BCUT2D eigenvalue weighted by Gasteiger charge is -2.35. The van der Waals surface area contributed by atoms with Gasteiger partial charge in [0.15, 0.2) is 9.84 Å². The van der Waals surface area contributed by atoms with E-state index in [0.29, 0.717) is 10.9 Å². The second-order valence-electron chi connectivity index (χ2n) is 8.35. The first-order valence-corrected chi connectivity index (χ1v) is 12.6. The van der Waals surface area contributed by atoms with Crippen molar-refractivity contribution in [1.29, 1.82) is 0 Å². The predicted octanol–water partition coefficient (Wildman–Crippen LogP) is -0.0492. The van der Waals surface area contributed by atoms with Crippen LogP contribution in [0.2, 0.25) is 0 Å². The Hall–Kier alpha value is -2.46. The lowest BCUT2D eigenvalue weighted by atomic mass is 10.0. The fourth-order valence-corrected chi connectivity index (χ4v) is 6.73. The van der Waals surface area contributed by atoms with Gasteiger partial charge in [-0.05, 0) is 45.0 Å². The second-order valence-corrected chi connectivity index (χ2v) is 10.5. The van der Waals surface area contributed by atoms with Gasteiger partial charge in [0.1, 0.15) is 6.54 Å². The summed E-state index contributed by atoms with van der Waals surface area (Å²) >= 11 is 0. The molecule has 0 radical (unpaired) electrons. The summed E-state index contributed by atoms with van der Waals surface area (Å²) in [7, 11) is -3.24. The number of carbonyl (C=O) groups excluding carboxylic acids is 1. The molecule has 1 amide bonds. The summed E-state index contributed by atoms with van der Waals surface area (Å²) in [6.07, 6.45) is 3.18. The van der Waals surface area contributed by atoms with Crippen molar-refractivity contribution in [2.45, 2.75) is 51.4 Å². The van der Waals surface area contributed by atoms with Crippen molar-refractivity contribution in [3.63, 3.8) is 0 Å². The molecule has 2 saturated heterocycles. The lowest BCUT2D eigenvalue weighted by molar-refractivity contribution is -0.122. The zero-order valence-corrected chi connectivity index (χ0v) is 18.4. The molecule has 31 heavy (non-hydrogen) atoms. The van der Waals surface area contributed by atoms with Crippen LogP contribution in [-0.2, 0) is 27.7 Å². The molecule has 168 valence electrons. The molecule has 2 aromatic rings. The molecule has 0 aliphatic carbocycles. The van der Waals surface area contributed by atoms with E-state index in [0.717, 1.165) is 36.9 Å². The van der Waals surface area contributed by atoms with Crippen LogP contribution in [0.1, 0.15) is 26.2 Å². The molecule has 1 aromatic carbocycles. The zero-order valence-electron chi connectivity index (χ0n) is 17.6. The maximum absolute atomic E-state index is 12.9. The number of amides is 1. The molecule has 3 heterocycles. The Kier molecular flexibility index (Phi) is 6.02. The van der Waals surface area contributed by atoms with Gasteiger partial charge in [-0.2, -0.15) is 0 Å². The van der Waals surface area contributed by atoms with Gasteiger partial charge in [-0.1, -0.05) is 18.6 Å². The number of hydrogen-bond donors (Lipinski definition) is 1. The van der Waals surface area contributed by atoms with Gasteiger partial charge in [0.25, 0.3) is 5.56 Å². The van der Waals surface area contributed by atoms with Gasteiger partial charge >= 0.3 is 5.69 Å². The number of para-hydroxylation sites is 1. The molecule has 1 aromatic heterocycles. The van der Waals surface area contributed by atoms with Crippen LogP contribution in [-0.4, -0.2) is 65.0 Å². The molecular formula is C21H28N4O5S. The van der Waals surface area contributed by atoms with Crippen LogP contribution in [0.5, 0.6) is 0 Å². The summed E-state index contributed by atoms with van der Waals surface area (Å²) in [5, 5.41) is 3.23. The number of sulfone groups is 1. The van der Waals surface area contributed by atoms with Crippen molar-refractivity contribution in [1.82, 2.24) is 19.4 Å². The maximum atomic E-state index is 12.9. The van der Waals surface area contributed by atoms with Crippen molar-refractivity contribution < 1.29 is 13.2 Å². The molecule has 4 rings (SSSR count). The molecule has 10 heteroatoms.